The molecule has 0 aliphatic carbocycles. The maximum absolute atomic E-state index is 13.0. The summed E-state index contributed by atoms with van der Waals surface area (Å²) in [6.07, 6.45) is 3.73. The van der Waals surface area contributed by atoms with E-state index in [2.05, 4.69) is 21.0 Å². The third kappa shape index (κ3) is 6.63. The second-order valence-corrected chi connectivity index (χ2v) is 11.0. The van der Waals surface area contributed by atoms with Crippen LogP contribution >= 0.6 is 11.6 Å². The summed E-state index contributed by atoms with van der Waals surface area (Å²) >= 11 is 6.29. The monoisotopic (exact) mass is 511 g/mol. The second-order valence-electron chi connectivity index (χ2n) is 8.90. The molecule has 0 radical (unpaired) electrons. The Morgan fingerprint density at radius 3 is 2.34 bits per heavy atom. The second kappa shape index (κ2) is 11.2. The standard InChI is InChI=1S/C27H30ClN3O3S/c1-20-9-12-24(13-10-20)35(33,34)30-23-11-14-26(28)25(17-23)27(32)29-18-21-7-3-4-8-22(21)19-31-15-5-2-6-16-31/h3-4,7-14,17,30H,2,5-6,15-16,18-19H2,1H3,(H,29,32). The first-order valence-corrected chi connectivity index (χ1v) is 13.6. The number of hydrogen-bond donors (Lipinski definition) is 2. The highest BCUT2D eigenvalue weighted by atomic mass is 35.5. The Morgan fingerprint density at radius 1 is 0.943 bits per heavy atom. The Hall–Kier alpha value is -2.87. The summed E-state index contributed by atoms with van der Waals surface area (Å²) in [5, 5.41) is 3.19. The van der Waals surface area contributed by atoms with E-state index in [-0.39, 0.29) is 27.1 Å². The lowest BCUT2D eigenvalue weighted by molar-refractivity contribution is 0.0951. The molecule has 0 atom stereocenters. The van der Waals surface area contributed by atoms with Crippen molar-refractivity contribution in [3.63, 3.8) is 0 Å². The average molecular weight is 512 g/mol. The molecule has 35 heavy (non-hydrogen) atoms. The number of benzene rings is 3. The van der Waals surface area contributed by atoms with Gasteiger partial charge in [0.2, 0.25) is 0 Å². The van der Waals surface area contributed by atoms with Gasteiger partial charge in [0, 0.05) is 18.8 Å². The number of hydrogen-bond acceptors (Lipinski definition) is 4. The highest BCUT2D eigenvalue weighted by molar-refractivity contribution is 7.92. The van der Waals surface area contributed by atoms with Crippen LogP contribution in [0.25, 0.3) is 0 Å². The van der Waals surface area contributed by atoms with Crippen LogP contribution in [0.4, 0.5) is 5.69 Å². The highest BCUT2D eigenvalue weighted by Gasteiger charge is 2.18. The summed E-state index contributed by atoms with van der Waals surface area (Å²) in [5.74, 6) is -0.362. The van der Waals surface area contributed by atoms with E-state index in [0.717, 1.165) is 30.8 Å². The first kappa shape index (κ1) is 25.2. The number of sulfonamides is 1. The van der Waals surface area contributed by atoms with E-state index in [9.17, 15) is 13.2 Å². The third-order valence-corrected chi connectivity index (χ3v) is 7.92. The Morgan fingerprint density at radius 2 is 1.63 bits per heavy atom. The Labute approximate surface area is 212 Å². The third-order valence-electron chi connectivity index (χ3n) is 6.19. The normalized spacial score (nSPS) is 14.5. The molecule has 3 aromatic rings. The van der Waals surface area contributed by atoms with E-state index < -0.39 is 10.0 Å². The van der Waals surface area contributed by atoms with E-state index >= 15 is 0 Å². The number of nitrogens with one attached hydrogen (secondary N) is 2. The fourth-order valence-electron chi connectivity index (χ4n) is 4.21. The van der Waals surface area contributed by atoms with Gasteiger partial charge in [-0.3, -0.25) is 14.4 Å². The number of anilines is 1. The first-order valence-electron chi connectivity index (χ1n) is 11.8. The molecule has 0 aromatic heterocycles. The van der Waals surface area contributed by atoms with Crippen molar-refractivity contribution in [2.24, 2.45) is 0 Å². The van der Waals surface area contributed by atoms with Gasteiger partial charge in [-0.2, -0.15) is 0 Å². The Bertz CT molecular complexity index is 1290. The summed E-state index contributed by atoms with van der Waals surface area (Å²) in [7, 11) is -3.79. The maximum atomic E-state index is 13.0. The fourth-order valence-corrected chi connectivity index (χ4v) is 5.46. The summed E-state index contributed by atoms with van der Waals surface area (Å²) in [5.41, 5.74) is 3.70. The zero-order valence-electron chi connectivity index (χ0n) is 19.8. The van der Waals surface area contributed by atoms with Crippen molar-refractivity contribution in [1.29, 1.82) is 0 Å². The topological polar surface area (TPSA) is 78.5 Å². The van der Waals surface area contributed by atoms with Gasteiger partial charge in [-0.05, 0) is 74.3 Å². The molecule has 8 heteroatoms. The molecule has 1 heterocycles. The Kier molecular flexibility index (Phi) is 8.11. The van der Waals surface area contributed by atoms with Crippen LogP contribution in [-0.2, 0) is 23.1 Å². The molecule has 4 rings (SSSR count). The van der Waals surface area contributed by atoms with Gasteiger partial charge in [0.05, 0.1) is 15.5 Å². The molecule has 1 fully saturated rings. The van der Waals surface area contributed by atoms with Crippen LogP contribution in [0, 0.1) is 6.92 Å². The van der Waals surface area contributed by atoms with Crippen molar-refractivity contribution in [1.82, 2.24) is 10.2 Å². The van der Waals surface area contributed by atoms with Crippen LogP contribution in [0.3, 0.4) is 0 Å². The summed E-state index contributed by atoms with van der Waals surface area (Å²) in [6.45, 7) is 5.31. The van der Waals surface area contributed by atoms with Crippen molar-refractivity contribution >= 4 is 33.2 Å². The average Bonchev–Trinajstić information content (AvgIpc) is 2.85. The quantitative estimate of drug-likeness (QED) is 0.426. The van der Waals surface area contributed by atoms with Crippen LogP contribution in [0.15, 0.2) is 71.6 Å². The molecule has 6 nitrogen and oxygen atoms in total. The van der Waals surface area contributed by atoms with Gasteiger partial charge in [0.25, 0.3) is 15.9 Å². The van der Waals surface area contributed by atoms with Gasteiger partial charge in [0.1, 0.15) is 0 Å². The van der Waals surface area contributed by atoms with Crippen molar-refractivity contribution in [3.8, 4) is 0 Å². The molecule has 1 aliphatic rings. The van der Waals surface area contributed by atoms with E-state index in [1.165, 1.54) is 37.0 Å². The van der Waals surface area contributed by atoms with Gasteiger partial charge in [-0.1, -0.05) is 60.0 Å². The molecule has 1 saturated heterocycles. The van der Waals surface area contributed by atoms with Crippen LogP contribution < -0.4 is 10.0 Å². The molecule has 184 valence electrons. The molecule has 1 amide bonds. The number of halogens is 1. The molecule has 2 N–H and O–H groups in total. The molecule has 0 unspecified atom stereocenters. The number of nitrogens with zero attached hydrogens (tertiary/aromatic N) is 1. The van der Waals surface area contributed by atoms with Crippen molar-refractivity contribution in [2.45, 2.75) is 44.2 Å². The maximum Gasteiger partial charge on any atom is 0.261 e. The SMILES string of the molecule is Cc1ccc(S(=O)(=O)Nc2ccc(Cl)c(C(=O)NCc3ccccc3CN3CCCCC3)c2)cc1. The number of piperidine rings is 1. The van der Waals surface area contributed by atoms with Crippen LogP contribution in [0.2, 0.25) is 5.02 Å². The lowest BCUT2D eigenvalue weighted by Crippen LogP contribution is -2.30. The van der Waals surface area contributed by atoms with Crippen molar-refractivity contribution in [2.75, 3.05) is 17.8 Å². The molecule has 3 aromatic carbocycles. The van der Waals surface area contributed by atoms with E-state index in [0.29, 0.717) is 6.54 Å². The van der Waals surface area contributed by atoms with Gasteiger partial charge < -0.3 is 5.32 Å². The predicted molar refractivity (Wildman–Crippen MR) is 140 cm³/mol. The summed E-state index contributed by atoms with van der Waals surface area (Å²) in [4.78, 5) is 15.6. The van der Waals surface area contributed by atoms with Crippen molar-refractivity contribution in [3.05, 3.63) is 94.0 Å². The van der Waals surface area contributed by atoms with Crippen molar-refractivity contribution < 1.29 is 13.2 Å². The molecule has 0 bridgehead atoms. The lowest BCUT2D eigenvalue weighted by Gasteiger charge is -2.27. The van der Waals surface area contributed by atoms with Crippen LogP contribution in [-0.4, -0.2) is 32.3 Å². The fraction of sp³-hybridized carbons (Fsp3) is 0.296. The summed E-state index contributed by atoms with van der Waals surface area (Å²) < 4.78 is 28.0. The van der Waals surface area contributed by atoms with E-state index in [1.807, 2.05) is 25.1 Å². The smallest absolute Gasteiger partial charge is 0.261 e. The summed E-state index contributed by atoms with van der Waals surface area (Å²) in [6, 6.07) is 19.2. The van der Waals surface area contributed by atoms with Gasteiger partial charge >= 0.3 is 0 Å². The minimum atomic E-state index is -3.79. The largest absolute Gasteiger partial charge is 0.348 e. The van der Waals surface area contributed by atoms with E-state index in [4.69, 9.17) is 11.6 Å². The van der Waals surface area contributed by atoms with E-state index in [1.54, 1.807) is 30.3 Å². The van der Waals surface area contributed by atoms with Crippen LogP contribution in [0.5, 0.6) is 0 Å². The van der Waals surface area contributed by atoms with Gasteiger partial charge in [0.15, 0.2) is 0 Å². The predicted octanol–water partition coefficient (Wildman–Crippen LogP) is 5.37. The molecule has 0 spiro atoms. The minimum Gasteiger partial charge on any atom is -0.348 e. The zero-order chi connectivity index (χ0) is 24.8. The number of rotatable bonds is 8. The minimum absolute atomic E-state index is 0.148. The molecule has 1 aliphatic heterocycles. The van der Waals surface area contributed by atoms with Crippen LogP contribution in [0.1, 0.15) is 46.3 Å². The molecular formula is C27H30ClN3O3S. The first-order chi connectivity index (χ1) is 16.8. The molecule has 0 saturated carbocycles. The number of likely N-dealkylation sites (tertiary alicyclic amines) is 1. The number of carbonyl (C=O) groups is 1. The number of amides is 1. The highest BCUT2D eigenvalue weighted by Crippen LogP contribution is 2.24. The lowest BCUT2D eigenvalue weighted by atomic mass is 10.0. The zero-order valence-corrected chi connectivity index (χ0v) is 21.3. The van der Waals surface area contributed by atoms with Gasteiger partial charge in [-0.15, -0.1) is 0 Å². The Balaban J connectivity index is 1.45. The number of carbonyl (C=O) groups excluding carboxylic acids is 1. The number of aryl methyl sites for hydroxylation is 1. The van der Waals surface area contributed by atoms with Gasteiger partial charge in [-0.25, -0.2) is 8.42 Å². The molecular weight excluding hydrogens is 482 g/mol.